The molecule has 3 aromatic rings. The highest BCUT2D eigenvalue weighted by molar-refractivity contribution is 5.76. The fourth-order valence-electron chi connectivity index (χ4n) is 2.82. The number of carbonyl (C=O) groups is 1. The van der Waals surface area contributed by atoms with Crippen molar-refractivity contribution in [1.29, 1.82) is 0 Å². The van der Waals surface area contributed by atoms with Gasteiger partial charge in [-0.2, -0.15) is 5.10 Å². The van der Waals surface area contributed by atoms with Crippen molar-refractivity contribution in [2.75, 3.05) is 6.54 Å². The van der Waals surface area contributed by atoms with E-state index in [9.17, 15) is 9.18 Å². The number of nitrogens with one attached hydrogen (secondary N) is 1. The lowest BCUT2D eigenvalue weighted by Gasteiger charge is -2.07. The largest absolute Gasteiger partial charge is 0.356 e. The molecule has 1 N–H and O–H groups in total. The number of amides is 1. The standard InChI is InChI=1S/C21H22FN3O/c1-25-15-19(14-24-25)17-8-6-16(7-9-17)12-13-23-21(26)11-10-18-4-2-3-5-20(18)22/h2-9,14-15H,10-13H2,1H3,(H,23,26). The molecule has 4 nitrogen and oxygen atoms in total. The minimum absolute atomic E-state index is 0.0553. The van der Waals surface area contributed by atoms with Gasteiger partial charge >= 0.3 is 0 Å². The number of carbonyl (C=O) groups excluding carboxylic acids is 1. The van der Waals surface area contributed by atoms with E-state index in [2.05, 4.69) is 34.7 Å². The summed E-state index contributed by atoms with van der Waals surface area (Å²) in [4.78, 5) is 11.9. The molecular formula is C21H22FN3O. The first-order valence-corrected chi connectivity index (χ1v) is 8.70. The van der Waals surface area contributed by atoms with Crippen LogP contribution < -0.4 is 5.32 Å². The third kappa shape index (κ3) is 4.79. The van der Waals surface area contributed by atoms with Crippen molar-refractivity contribution in [3.8, 4) is 11.1 Å². The summed E-state index contributed by atoms with van der Waals surface area (Å²) in [6.07, 6.45) is 5.29. The maximum absolute atomic E-state index is 13.5. The number of rotatable bonds is 7. The van der Waals surface area contributed by atoms with Gasteiger partial charge in [0.05, 0.1) is 6.20 Å². The van der Waals surface area contributed by atoms with E-state index < -0.39 is 0 Å². The molecule has 0 unspecified atom stereocenters. The Hall–Kier alpha value is -2.95. The van der Waals surface area contributed by atoms with Crippen LogP contribution in [-0.4, -0.2) is 22.2 Å². The summed E-state index contributed by atoms with van der Waals surface area (Å²) in [7, 11) is 1.90. The molecule has 1 aromatic heterocycles. The van der Waals surface area contributed by atoms with Gasteiger partial charge in [0.2, 0.25) is 5.91 Å². The van der Waals surface area contributed by atoms with Gasteiger partial charge in [-0.25, -0.2) is 4.39 Å². The Labute approximate surface area is 152 Å². The number of aromatic nitrogens is 2. The van der Waals surface area contributed by atoms with Crippen LogP contribution in [-0.2, 0) is 24.7 Å². The summed E-state index contributed by atoms with van der Waals surface area (Å²) in [5, 5.41) is 7.07. The fraction of sp³-hybridized carbons (Fsp3) is 0.238. The fourth-order valence-corrected chi connectivity index (χ4v) is 2.82. The molecule has 0 spiro atoms. The molecule has 0 saturated carbocycles. The van der Waals surface area contributed by atoms with Crippen LogP contribution >= 0.6 is 0 Å². The zero-order valence-electron chi connectivity index (χ0n) is 14.8. The summed E-state index contributed by atoms with van der Waals surface area (Å²) in [5.74, 6) is -0.311. The van der Waals surface area contributed by atoms with Gasteiger partial charge in [-0.15, -0.1) is 0 Å². The highest BCUT2D eigenvalue weighted by atomic mass is 19.1. The molecule has 0 aliphatic carbocycles. The maximum atomic E-state index is 13.5. The summed E-state index contributed by atoms with van der Waals surface area (Å²) in [6, 6.07) is 14.8. The van der Waals surface area contributed by atoms with Crippen LogP contribution in [0.25, 0.3) is 11.1 Å². The van der Waals surface area contributed by atoms with Crippen molar-refractivity contribution in [3.63, 3.8) is 0 Å². The van der Waals surface area contributed by atoms with Crippen molar-refractivity contribution in [2.24, 2.45) is 7.05 Å². The smallest absolute Gasteiger partial charge is 0.220 e. The summed E-state index contributed by atoms with van der Waals surface area (Å²) < 4.78 is 15.3. The van der Waals surface area contributed by atoms with E-state index in [0.29, 0.717) is 24.9 Å². The van der Waals surface area contributed by atoms with Gasteiger partial charge in [-0.05, 0) is 35.6 Å². The third-order valence-electron chi connectivity index (χ3n) is 4.31. The zero-order chi connectivity index (χ0) is 18.4. The van der Waals surface area contributed by atoms with E-state index in [1.807, 2.05) is 19.4 Å². The second-order valence-electron chi connectivity index (χ2n) is 6.29. The number of halogens is 1. The van der Waals surface area contributed by atoms with Crippen molar-refractivity contribution >= 4 is 5.91 Å². The molecule has 26 heavy (non-hydrogen) atoms. The Morgan fingerprint density at radius 1 is 1.08 bits per heavy atom. The highest BCUT2D eigenvalue weighted by Gasteiger charge is 2.06. The summed E-state index contributed by atoms with van der Waals surface area (Å²) >= 11 is 0. The van der Waals surface area contributed by atoms with Gasteiger partial charge in [0.1, 0.15) is 5.82 Å². The molecule has 0 aliphatic heterocycles. The van der Waals surface area contributed by atoms with Crippen molar-refractivity contribution < 1.29 is 9.18 Å². The number of hydrogen-bond donors (Lipinski definition) is 1. The summed E-state index contributed by atoms with van der Waals surface area (Å²) in [6.45, 7) is 0.572. The first kappa shape index (κ1) is 17.9. The molecule has 1 amide bonds. The Bertz CT molecular complexity index is 871. The highest BCUT2D eigenvalue weighted by Crippen LogP contribution is 2.18. The minimum atomic E-state index is -0.256. The maximum Gasteiger partial charge on any atom is 0.220 e. The van der Waals surface area contributed by atoms with Crippen LogP contribution in [0.2, 0.25) is 0 Å². The molecule has 1 heterocycles. The normalized spacial score (nSPS) is 10.7. The second-order valence-corrected chi connectivity index (χ2v) is 6.29. The van der Waals surface area contributed by atoms with Crippen LogP contribution in [0.3, 0.4) is 0 Å². The van der Waals surface area contributed by atoms with Gasteiger partial charge < -0.3 is 5.32 Å². The first-order valence-electron chi connectivity index (χ1n) is 8.70. The third-order valence-corrected chi connectivity index (χ3v) is 4.31. The summed E-state index contributed by atoms with van der Waals surface area (Å²) in [5.41, 5.74) is 3.94. The van der Waals surface area contributed by atoms with E-state index >= 15 is 0 Å². The second kappa shape index (κ2) is 8.43. The molecule has 5 heteroatoms. The van der Waals surface area contributed by atoms with Crippen LogP contribution in [0, 0.1) is 5.82 Å². The molecule has 0 saturated heterocycles. The average molecular weight is 351 g/mol. The predicted molar refractivity (Wildman–Crippen MR) is 100 cm³/mol. The van der Waals surface area contributed by atoms with Gasteiger partial charge in [0, 0.05) is 31.8 Å². The van der Waals surface area contributed by atoms with Gasteiger partial charge in [0.25, 0.3) is 0 Å². The monoisotopic (exact) mass is 351 g/mol. The van der Waals surface area contributed by atoms with E-state index in [1.54, 1.807) is 22.9 Å². The molecule has 0 atom stereocenters. The SMILES string of the molecule is Cn1cc(-c2ccc(CCNC(=O)CCc3ccccc3F)cc2)cn1. The molecule has 3 rings (SSSR count). The number of benzene rings is 2. The number of aryl methyl sites for hydroxylation is 2. The average Bonchev–Trinajstić information content (AvgIpc) is 3.08. The molecule has 134 valence electrons. The van der Waals surface area contributed by atoms with E-state index in [1.165, 1.54) is 6.07 Å². The number of hydrogen-bond acceptors (Lipinski definition) is 2. The lowest BCUT2D eigenvalue weighted by atomic mass is 10.1. The van der Waals surface area contributed by atoms with Crippen LogP contribution in [0.15, 0.2) is 60.9 Å². The first-order chi connectivity index (χ1) is 12.6. The van der Waals surface area contributed by atoms with Crippen LogP contribution in [0.1, 0.15) is 17.5 Å². The predicted octanol–water partition coefficient (Wildman–Crippen LogP) is 3.52. The van der Waals surface area contributed by atoms with Gasteiger partial charge in [-0.1, -0.05) is 42.5 Å². The zero-order valence-corrected chi connectivity index (χ0v) is 14.8. The van der Waals surface area contributed by atoms with Crippen LogP contribution in [0.5, 0.6) is 0 Å². The van der Waals surface area contributed by atoms with Crippen molar-refractivity contribution in [3.05, 3.63) is 77.9 Å². The quantitative estimate of drug-likeness (QED) is 0.708. The Balaban J connectivity index is 1.43. The molecular weight excluding hydrogens is 329 g/mol. The van der Waals surface area contributed by atoms with Gasteiger partial charge in [-0.3, -0.25) is 9.48 Å². The molecule has 0 bridgehead atoms. The Kier molecular flexibility index (Phi) is 5.79. The minimum Gasteiger partial charge on any atom is -0.356 e. The Morgan fingerprint density at radius 3 is 2.54 bits per heavy atom. The Morgan fingerprint density at radius 2 is 1.85 bits per heavy atom. The van der Waals surface area contributed by atoms with Crippen molar-refractivity contribution in [2.45, 2.75) is 19.3 Å². The van der Waals surface area contributed by atoms with E-state index in [4.69, 9.17) is 0 Å². The lowest BCUT2D eigenvalue weighted by molar-refractivity contribution is -0.121. The van der Waals surface area contributed by atoms with Gasteiger partial charge in [0.15, 0.2) is 0 Å². The van der Waals surface area contributed by atoms with E-state index in [0.717, 1.165) is 23.1 Å². The molecule has 2 aromatic carbocycles. The molecule has 0 fully saturated rings. The topological polar surface area (TPSA) is 46.9 Å². The van der Waals surface area contributed by atoms with Crippen LogP contribution in [0.4, 0.5) is 4.39 Å². The number of nitrogens with zero attached hydrogens (tertiary/aromatic N) is 2. The van der Waals surface area contributed by atoms with E-state index in [-0.39, 0.29) is 11.7 Å². The van der Waals surface area contributed by atoms with Crippen molar-refractivity contribution in [1.82, 2.24) is 15.1 Å². The molecule has 0 aliphatic rings. The lowest BCUT2D eigenvalue weighted by Crippen LogP contribution is -2.25. The molecule has 0 radical (unpaired) electrons.